The molecule has 0 spiro atoms. The van der Waals surface area contributed by atoms with Crippen LogP contribution in [0.1, 0.15) is 26.6 Å². The zero-order valence-corrected chi connectivity index (χ0v) is 9.41. The van der Waals surface area contributed by atoms with Gasteiger partial charge in [0.15, 0.2) is 0 Å². The van der Waals surface area contributed by atoms with Crippen molar-refractivity contribution >= 4 is 12.3 Å². The highest BCUT2D eigenvalue weighted by atomic mass is 15.0. The molecule has 0 amide bonds. The van der Waals surface area contributed by atoms with Crippen molar-refractivity contribution in [1.29, 1.82) is 0 Å². The third kappa shape index (κ3) is 3.47. The fourth-order valence-corrected chi connectivity index (χ4v) is 0.865. The van der Waals surface area contributed by atoms with Crippen LogP contribution in [-0.4, -0.2) is 16.6 Å². The quantitative estimate of drug-likeness (QED) is 0.799. The molecule has 0 aromatic carbocycles. The molecule has 1 aromatic rings. The molecule has 0 atom stereocenters. The number of allylic oxidation sites excluding steroid dienone is 1. The summed E-state index contributed by atoms with van der Waals surface area (Å²) in [7, 11) is 1.89. The van der Waals surface area contributed by atoms with Gasteiger partial charge in [-0.05, 0) is 13.0 Å². The molecular formula is C11H19N3. The highest BCUT2D eigenvalue weighted by molar-refractivity contribution is 5.43. The van der Waals surface area contributed by atoms with Crippen molar-refractivity contribution in [3.8, 4) is 0 Å². The smallest absolute Gasteiger partial charge is 0.136 e. The first-order chi connectivity index (χ1) is 6.77. The Balaban J connectivity index is 0.000000791. The Kier molecular flexibility index (Phi) is 6.20. The molecule has 0 radical (unpaired) electrons. The van der Waals surface area contributed by atoms with Gasteiger partial charge in [0.05, 0.1) is 0 Å². The van der Waals surface area contributed by atoms with Gasteiger partial charge in [0.1, 0.15) is 5.82 Å². The average molecular weight is 193 g/mol. The summed E-state index contributed by atoms with van der Waals surface area (Å²) in [6.07, 6.45) is 7.32. The van der Waals surface area contributed by atoms with Crippen LogP contribution in [-0.2, 0) is 0 Å². The van der Waals surface area contributed by atoms with Crippen molar-refractivity contribution in [2.45, 2.75) is 20.8 Å². The second-order valence-corrected chi connectivity index (χ2v) is 2.46. The van der Waals surface area contributed by atoms with Crippen molar-refractivity contribution < 1.29 is 0 Å². The summed E-state index contributed by atoms with van der Waals surface area (Å²) in [6, 6.07) is 0. The van der Waals surface area contributed by atoms with Crippen molar-refractivity contribution in [1.82, 2.24) is 14.9 Å². The molecule has 1 heterocycles. The van der Waals surface area contributed by atoms with E-state index in [-0.39, 0.29) is 0 Å². The zero-order valence-electron chi connectivity index (χ0n) is 9.41. The molecule has 0 fully saturated rings. The van der Waals surface area contributed by atoms with Crippen LogP contribution in [0.2, 0.25) is 0 Å². The first-order valence-corrected chi connectivity index (χ1v) is 4.79. The highest BCUT2D eigenvalue weighted by Crippen LogP contribution is 2.01. The van der Waals surface area contributed by atoms with E-state index in [1.54, 1.807) is 12.3 Å². The highest BCUT2D eigenvalue weighted by Gasteiger charge is 1.93. The largest absolute Gasteiger partial charge is 0.390 e. The predicted octanol–water partition coefficient (Wildman–Crippen LogP) is 2.59. The van der Waals surface area contributed by atoms with E-state index in [9.17, 15) is 0 Å². The number of hydrogen-bond acceptors (Lipinski definition) is 2. The summed E-state index contributed by atoms with van der Waals surface area (Å²) in [6.45, 7) is 9.66. The van der Waals surface area contributed by atoms with Gasteiger partial charge >= 0.3 is 0 Å². The van der Waals surface area contributed by atoms with Gasteiger partial charge in [0, 0.05) is 31.3 Å². The van der Waals surface area contributed by atoms with Crippen molar-refractivity contribution in [2.24, 2.45) is 0 Å². The number of nitrogens with one attached hydrogen (secondary N) is 1. The lowest BCUT2D eigenvalue weighted by Crippen LogP contribution is -2.03. The Morgan fingerprint density at radius 2 is 2.21 bits per heavy atom. The van der Waals surface area contributed by atoms with Crippen LogP contribution in [0.3, 0.4) is 0 Å². The van der Waals surface area contributed by atoms with Gasteiger partial charge in [-0.2, -0.15) is 0 Å². The van der Waals surface area contributed by atoms with Gasteiger partial charge in [-0.3, -0.25) is 0 Å². The van der Waals surface area contributed by atoms with Gasteiger partial charge in [-0.15, -0.1) is 0 Å². The van der Waals surface area contributed by atoms with E-state index in [1.165, 1.54) is 0 Å². The molecule has 0 aliphatic heterocycles. The first-order valence-electron chi connectivity index (χ1n) is 4.79. The van der Waals surface area contributed by atoms with E-state index < -0.39 is 0 Å². The van der Waals surface area contributed by atoms with Gasteiger partial charge in [0.2, 0.25) is 0 Å². The lowest BCUT2D eigenvalue weighted by Gasteiger charge is -2.00. The lowest BCUT2D eigenvalue weighted by atomic mass is 10.5. The summed E-state index contributed by atoms with van der Waals surface area (Å²) in [5.41, 5.74) is 1.08. The van der Waals surface area contributed by atoms with Gasteiger partial charge < -0.3 is 9.88 Å². The molecule has 0 aliphatic rings. The fraction of sp³-hybridized carbons (Fsp3) is 0.364. The van der Waals surface area contributed by atoms with Gasteiger partial charge in [-0.1, -0.05) is 20.4 Å². The molecule has 0 saturated carbocycles. The number of hydrogen-bond donors (Lipinski definition) is 1. The Morgan fingerprint density at radius 1 is 1.57 bits per heavy atom. The number of aromatic nitrogens is 2. The molecule has 1 aromatic heterocycles. The number of rotatable bonds is 3. The Morgan fingerprint density at radius 3 is 2.71 bits per heavy atom. The summed E-state index contributed by atoms with van der Waals surface area (Å²) >= 11 is 0. The van der Waals surface area contributed by atoms with Crippen LogP contribution >= 0.6 is 0 Å². The molecule has 1 N–H and O–H groups in total. The minimum atomic E-state index is 0.851. The molecular weight excluding hydrogens is 174 g/mol. The normalized spacial score (nSPS) is 10.1. The zero-order chi connectivity index (χ0) is 11.0. The third-order valence-electron chi connectivity index (χ3n) is 1.61. The second-order valence-electron chi connectivity index (χ2n) is 2.46. The molecule has 0 bridgehead atoms. The van der Waals surface area contributed by atoms with Crippen molar-refractivity contribution in [3.05, 3.63) is 30.5 Å². The molecule has 3 heteroatoms. The number of imidazole rings is 1. The van der Waals surface area contributed by atoms with Crippen LogP contribution in [0.4, 0.5) is 0 Å². The third-order valence-corrected chi connectivity index (χ3v) is 1.61. The predicted molar refractivity (Wildman–Crippen MR) is 62.7 cm³/mol. The monoisotopic (exact) mass is 193 g/mol. The van der Waals surface area contributed by atoms with E-state index in [2.05, 4.69) is 16.9 Å². The maximum atomic E-state index is 4.09. The van der Waals surface area contributed by atoms with Gasteiger partial charge in [0.25, 0.3) is 0 Å². The Labute approximate surface area is 86.2 Å². The number of nitrogens with zero attached hydrogens (tertiary/aromatic N) is 2. The summed E-state index contributed by atoms with van der Waals surface area (Å²) in [4.78, 5) is 4.09. The maximum Gasteiger partial charge on any atom is 0.136 e. The maximum absolute atomic E-state index is 4.09. The molecule has 0 aliphatic carbocycles. The van der Waals surface area contributed by atoms with E-state index >= 15 is 0 Å². The van der Waals surface area contributed by atoms with Crippen LogP contribution in [0.25, 0.3) is 12.3 Å². The van der Waals surface area contributed by atoms with Crippen LogP contribution in [0.15, 0.2) is 24.7 Å². The standard InChI is InChI=1S/C9H13N3.C2H6/c1-4-9-11-5-6-12(9)7-8(2)10-3;1-2/h4-7,10H,1H2,2-3H3;1-2H3/b8-7+;. The first kappa shape index (κ1) is 12.5. The average Bonchev–Trinajstić information content (AvgIpc) is 2.68. The molecule has 0 unspecified atom stereocenters. The van der Waals surface area contributed by atoms with E-state index in [1.807, 2.05) is 44.8 Å². The molecule has 1 rings (SSSR count). The minimum Gasteiger partial charge on any atom is -0.390 e. The summed E-state index contributed by atoms with van der Waals surface area (Å²) < 4.78 is 1.92. The molecule has 78 valence electrons. The minimum absolute atomic E-state index is 0.851. The summed E-state index contributed by atoms with van der Waals surface area (Å²) in [5.74, 6) is 0.851. The Hall–Kier alpha value is -1.51. The van der Waals surface area contributed by atoms with Crippen LogP contribution in [0, 0.1) is 0 Å². The van der Waals surface area contributed by atoms with E-state index in [4.69, 9.17) is 0 Å². The Bertz CT molecular complexity index is 297. The topological polar surface area (TPSA) is 29.9 Å². The molecule has 0 saturated heterocycles. The lowest BCUT2D eigenvalue weighted by molar-refractivity contribution is 0.972. The SMILES string of the molecule is C=Cc1nccn1/C=C(\C)NC.CC. The van der Waals surface area contributed by atoms with Crippen LogP contribution in [0.5, 0.6) is 0 Å². The molecule has 14 heavy (non-hydrogen) atoms. The van der Waals surface area contributed by atoms with E-state index in [0.717, 1.165) is 11.5 Å². The van der Waals surface area contributed by atoms with Gasteiger partial charge in [-0.25, -0.2) is 4.98 Å². The second kappa shape index (κ2) is 6.95. The van der Waals surface area contributed by atoms with E-state index in [0.29, 0.717) is 0 Å². The summed E-state index contributed by atoms with van der Waals surface area (Å²) in [5, 5.41) is 3.03. The van der Waals surface area contributed by atoms with Crippen molar-refractivity contribution in [2.75, 3.05) is 7.05 Å². The fourth-order valence-electron chi connectivity index (χ4n) is 0.865. The molecule has 3 nitrogen and oxygen atoms in total. The van der Waals surface area contributed by atoms with Crippen molar-refractivity contribution in [3.63, 3.8) is 0 Å². The van der Waals surface area contributed by atoms with Crippen LogP contribution < -0.4 is 5.32 Å².